The van der Waals surface area contributed by atoms with Gasteiger partial charge in [0.2, 0.25) is 10.6 Å². The standard InChI is InChI=1S/C19H11ClO2/c20-19-16(13-7-2-1-3-8-13)18(21)17-14-9-5-4-6-12(14)10-11-15(17)22-19/h1-11H. The zero-order valence-corrected chi connectivity index (χ0v) is 12.3. The first-order valence-electron chi connectivity index (χ1n) is 6.95. The monoisotopic (exact) mass is 306 g/mol. The molecule has 0 N–H and O–H groups in total. The molecule has 3 heteroatoms. The zero-order chi connectivity index (χ0) is 15.1. The second-order valence-corrected chi connectivity index (χ2v) is 5.45. The molecule has 4 rings (SSSR count). The molecular formula is C19H11ClO2. The Hall–Kier alpha value is -2.58. The molecule has 0 aliphatic carbocycles. The van der Waals surface area contributed by atoms with Gasteiger partial charge in [0.25, 0.3) is 0 Å². The van der Waals surface area contributed by atoms with Crippen LogP contribution in [-0.2, 0) is 0 Å². The van der Waals surface area contributed by atoms with Crippen molar-refractivity contribution in [3.05, 3.63) is 82.2 Å². The molecule has 1 heterocycles. The molecule has 2 nitrogen and oxygen atoms in total. The Kier molecular flexibility index (Phi) is 2.98. The van der Waals surface area contributed by atoms with Gasteiger partial charge < -0.3 is 4.42 Å². The Morgan fingerprint density at radius 3 is 2.36 bits per heavy atom. The molecule has 1 aromatic heterocycles. The van der Waals surface area contributed by atoms with Crippen molar-refractivity contribution in [2.24, 2.45) is 0 Å². The van der Waals surface area contributed by atoms with Gasteiger partial charge in [-0.25, -0.2) is 0 Å². The van der Waals surface area contributed by atoms with E-state index < -0.39 is 0 Å². The molecule has 3 aromatic carbocycles. The van der Waals surface area contributed by atoms with E-state index in [1.165, 1.54) is 0 Å². The van der Waals surface area contributed by atoms with Gasteiger partial charge in [-0.1, -0.05) is 60.7 Å². The highest BCUT2D eigenvalue weighted by atomic mass is 35.5. The number of hydrogen-bond acceptors (Lipinski definition) is 2. The van der Waals surface area contributed by atoms with Crippen LogP contribution in [0.25, 0.3) is 32.9 Å². The minimum atomic E-state index is -0.103. The summed E-state index contributed by atoms with van der Waals surface area (Å²) in [7, 11) is 0. The summed E-state index contributed by atoms with van der Waals surface area (Å²) in [5.41, 5.74) is 1.57. The molecule has 0 spiro atoms. The Labute approximate surface area is 131 Å². The predicted octanol–water partition coefficient (Wildman–Crippen LogP) is 5.27. The minimum absolute atomic E-state index is 0.103. The summed E-state index contributed by atoms with van der Waals surface area (Å²) in [6, 6.07) is 20.8. The smallest absolute Gasteiger partial charge is 0.205 e. The molecular weight excluding hydrogens is 296 g/mol. The lowest BCUT2D eigenvalue weighted by molar-refractivity contribution is 0.607. The summed E-state index contributed by atoms with van der Waals surface area (Å²) in [6.45, 7) is 0. The second-order valence-electron chi connectivity index (χ2n) is 5.11. The maximum Gasteiger partial charge on any atom is 0.205 e. The molecule has 0 radical (unpaired) electrons. The molecule has 0 fully saturated rings. The van der Waals surface area contributed by atoms with Crippen LogP contribution >= 0.6 is 11.6 Å². The van der Waals surface area contributed by atoms with Crippen molar-refractivity contribution in [1.82, 2.24) is 0 Å². The summed E-state index contributed by atoms with van der Waals surface area (Å²) in [4.78, 5) is 13.0. The van der Waals surface area contributed by atoms with Gasteiger partial charge in [0.15, 0.2) is 0 Å². The lowest BCUT2D eigenvalue weighted by Crippen LogP contribution is -2.06. The molecule has 4 aromatic rings. The highest BCUT2D eigenvalue weighted by molar-refractivity contribution is 6.32. The van der Waals surface area contributed by atoms with Gasteiger partial charge in [0, 0.05) is 0 Å². The van der Waals surface area contributed by atoms with E-state index in [1.54, 1.807) is 6.07 Å². The number of fused-ring (bicyclic) bond motifs is 3. The molecule has 0 atom stereocenters. The van der Waals surface area contributed by atoms with Crippen LogP contribution in [0, 0.1) is 0 Å². The van der Waals surface area contributed by atoms with Crippen molar-refractivity contribution in [2.45, 2.75) is 0 Å². The average molecular weight is 307 g/mol. The van der Waals surface area contributed by atoms with Gasteiger partial charge in [-0.3, -0.25) is 4.79 Å². The van der Waals surface area contributed by atoms with Crippen molar-refractivity contribution in [3.63, 3.8) is 0 Å². The van der Waals surface area contributed by atoms with E-state index in [-0.39, 0.29) is 10.6 Å². The number of rotatable bonds is 1. The topological polar surface area (TPSA) is 30.2 Å². The Balaban J connectivity index is 2.20. The van der Waals surface area contributed by atoms with Gasteiger partial charge in [-0.2, -0.15) is 0 Å². The zero-order valence-electron chi connectivity index (χ0n) is 11.5. The normalized spacial score (nSPS) is 11.1. The maximum atomic E-state index is 13.0. The second kappa shape index (κ2) is 5.00. The van der Waals surface area contributed by atoms with Crippen molar-refractivity contribution >= 4 is 33.3 Å². The van der Waals surface area contributed by atoms with E-state index in [1.807, 2.05) is 60.7 Å². The number of benzene rings is 3. The Morgan fingerprint density at radius 1 is 0.818 bits per heavy atom. The molecule has 0 aliphatic rings. The molecule has 22 heavy (non-hydrogen) atoms. The molecule has 0 saturated carbocycles. The summed E-state index contributed by atoms with van der Waals surface area (Å²) in [6.07, 6.45) is 0. The third-order valence-corrected chi connectivity index (χ3v) is 4.07. The fraction of sp³-hybridized carbons (Fsp3) is 0. The van der Waals surface area contributed by atoms with E-state index in [4.69, 9.17) is 16.0 Å². The van der Waals surface area contributed by atoms with Crippen molar-refractivity contribution in [2.75, 3.05) is 0 Å². The molecule has 0 unspecified atom stereocenters. The van der Waals surface area contributed by atoms with Crippen molar-refractivity contribution < 1.29 is 4.42 Å². The van der Waals surface area contributed by atoms with Gasteiger partial charge in [-0.05, 0) is 34.0 Å². The highest BCUT2D eigenvalue weighted by Gasteiger charge is 2.16. The van der Waals surface area contributed by atoms with Gasteiger partial charge in [-0.15, -0.1) is 0 Å². The summed E-state index contributed by atoms with van der Waals surface area (Å²) < 4.78 is 5.70. The Bertz CT molecular complexity index is 1050. The van der Waals surface area contributed by atoms with Crippen LogP contribution in [0.1, 0.15) is 0 Å². The fourth-order valence-corrected chi connectivity index (χ4v) is 3.06. The van der Waals surface area contributed by atoms with Crippen LogP contribution in [0.5, 0.6) is 0 Å². The summed E-state index contributed by atoms with van der Waals surface area (Å²) in [5.74, 6) is 0. The van der Waals surface area contributed by atoms with Crippen LogP contribution < -0.4 is 5.43 Å². The van der Waals surface area contributed by atoms with Gasteiger partial charge in [0.05, 0.1) is 10.9 Å². The largest absolute Gasteiger partial charge is 0.444 e. The average Bonchev–Trinajstić information content (AvgIpc) is 2.55. The highest BCUT2D eigenvalue weighted by Crippen LogP contribution is 2.31. The first-order valence-corrected chi connectivity index (χ1v) is 7.33. The van der Waals surface area contributed by atoms with E-state index >= 15 is 0 Å². The van der Waals surface area contributed by atoms with E-state index in [0.29, 0.717) is 16.5 Å². The predicted molar refractivity (Wildman–Crippen MR) is 90.4 cm³/mol. The van der Waals surface area contributed by atoms with Gasteiger partial charge in [0.1, 0.15) is 5.58 Å². The first kappa shape index (κ1) is 13.1. The maximum absolute atomic E-state index is 13.0. The van der Waals surface area contributed by atoms with Crippen molar-refractivity contribution in [3.8, 4) is 11.1 Å². The molecule has 106 valence electrons. The van der Waals surface area contributed by atoms with Crippen LogP contribution in [0.2, 0.25) is 5.22 Å². The number of halogens is 1. The first-order chi connectivity index (χ1) is 10.8. The number of hydrogen-bond donors (Lipinski definition) is 0. The molecule has 0 saturated heterocycles. The SMILES string of the molecule is O=c1c(-c2ccccc2)c(Cl)oc2ccc3ccccc3c12. The van der Waals surface area contributed by atoms with Crippen molar-refractivity contribution in [1.29, 1.82) is 0 Å². The van der Waals surface area contributed by atoms with Crippen LogP contribution in [0.3, 0.4) is 0 Å². The molecule has 0 aliphatic heterocycles. The Morgan fingerprint density at radius 2 is 1.55 bits per heavy atom. The lowest BCUT2D eigenvalue weighted by Gasteiger charge is -2.07. The summed E-state index contributed by atoms with van der Waals surface area (Å²) in [5, 5.41) is 2.58. The third kappa shape index (κ3) is 1.92. The molecule has 0 bridgehead atoms. The van der Waals surface area contributed by atoms with Crippen LogP contribution in [0.4, 0.5) is 0 Å². The van der Waals surface area contributed by atoms with E-state index in [2.05, 4.69) is 0 Å². The van der Waals surface area contributed by atoms with Crippen LogP contribution in [0.15, 0.2) is 75.9 Å². The van der Waals surface area contributed by atoms with E-state index in [9.17, 15) is 4.79 Å². The van der Waals surface area contributed by atoms with E-state index in [0.717, 1.165) is 16.3 Å². The third-order valence-electron chi connectivity index (χ3n) is 3.80. The van der Waals surface area contributed by atoms with Crippen LogP contribution in [-0.4, -0.2) is 0 Å². The lowest BCUT2D eigenvalue weighted by atomic mass is 10.0. The summed E-state index contributed by atoms with van der Waals surface area (Å²) >= 11 is 6.23. The fourth-order valence-electron chi connectivity index (χ4n) is 2.78. The van der Waals surface area contributed by atoms with Gasteiger partial charge >= 0.3 is 0 Å². The minimum Gasteiger partial charge on any atom is -0.444 e. The molecule has 0 amide bonds. The quantitative estimate of drug-likeness (QED) is 0.449.